The fourth-order valence-electron chi connectivity index (χ4n) is 2.76. The van der Waals surface area contributed by atoms with Gasteiger partial charge in [-0.2, -0.15) is 0 Å². The first-order valence-electron chi connectivity index (χ1n) is 6.59. The number of fused-ring (bicyclic) bond motifs is 3. The minimum Gasteiger partial charge on any atom is -0.382 e. The summed E-state index contributed by atoms with van der Waals surface area (Å²) in [6.45, 7) is 0. The van der Waals surface area contributed by atoms with Gasteiger partial charge in [-0.3, -0.25) is 5.41 Å². The molecular formula is C17H13N2O+. The van der Waals surface area contributed by atoms with E-state index in [2.05, 4.69) is 18.2 Å². The van der Waals surface area contributed by atoms with E-state index in [1.165, 1.54) is 0 Å². The SMILES string of the molecule is N=C1OC(c2ccccc2)=[N+]2C=Cc3ccccc3C12. The van der Waals surface area contributed by atoms with Crippen molar-refractivity contribution in [3.05, 3.63) is 77.5 Å². The van der Waals surface area contributed by atoms with Gasteiger partial charge >= 0.3 is 5.90 Å². The van der Waals surface area contributed by atoms with Crippen LogP contribution in [0.5, 0.6) is 0 Å². The molecular weight excluding hydrogens is 248 g/mol. The Morgan fingerprint density at radius 3 is 2.55 bits per heavy atom. The third kappa shape index (κ3) is 1.53. The van der Waals surface area contributed by atoms with Crippen LogP contribution in [-0.2, 0) is 4.74 Å². The number of nitrogens with one attached hydrogen (secondary N) is 1. The molecule has 1 atom stereocenters. The Morgan fingerprint density at radius 1 is 0.950 bits per heavy atom. The second kappa shape index (κ2) is 4.17. The van der Waals surface area contributed by atoms with Gasteiger partial charge in [0.25, 0.3) is 11.9 Å². The molecule has 2 aliphatic rings. The predicted octanol–water partition coefficient (Wildman–Crippen LogP) is 3.18. The first kappa shape index (κ1) is 11.2. The van der Waals surface area contributed by atoms with Crippen LogP contribution in [0.25, 0.3) is 6.08 Å². The quantitative estimate of drug-likeness (QED) is 0.786. The van der Waals surface area contributed by atoms with E-state index in [1.807, 2.05) is 53.2 Å². The zero-order chi connectivity index (χ0) is 13.5. The predicted molar refractivity (Wildman–Crippen MR) is 77.8 cm³/mol. The lowest BCUT2D eigenvalue weighted by Gasteiger charge is -2.12. The number of nitrogens with zero attached hydrogens (tertiary/aromatic N) is 1. The minimum absolute atomic E-state index is 0.147. The molecule has 0 bridgehead atoms. The zero-order valence-electron chi connectivity index (χ0n) is 10.8. The lowest BCUT2D eigenvalue weighted by molar-refractivity contribution is -0.482. The zero-order valence-corrected chi connectivity index (χ0v) is 10.8. The van der Waals surface area contributed by atoms with Crippen molar-refractivity contribution in [1.29, 1.82) is 5.41 Å². The third-order valence-electron chi connectivity index (χ3n) is 3.69. The van der Waals surface area contributed by atoms with E-state index in [0.29, 0.717) is 0 Å². The van der Waals surface area contributed by atoms with E-state index >= 15 is 0 Å². The highest BCUT2D eigenvalue weighted by Crippen LogP contribution is 2.33. The molecule has 4 rings (SSSR count). The van der Waals surface area contributed by atoms with Gasteiger partial charge in [-0.15, -0.1) is 4.58 Å². The molecule has 0 saturated carbocycles. The Balaban J connectivity index is 1.91. The van der Waals surface area contributed by atoms with Gasteiger partial charge < -0.3 is 4.74 Å². The lowest BCUT2D eigenvalue weighted by atomic mass is 9.97. The molecule has 0 fully saturated rings. The van der Waals surface area contributed by atoms with Crippen LogP contribution in [0.4, 0.5) is 0 Å². The van der Waals surface area contributed by atoms with E-state index in [1.54, 1.807) is 0 Å². The monoisotopic (exact) mass is 261 g/mol. The van der Waals surface area contributed by atoms with Crippen molar-refractivity contribution < 1.29 is 9.31 Å². The first-order chi connectivity index (χ1) is 9.84. The topological polar surface area (TPSA) is 36.1 Å². The van der Waals surface area contributed by atoms with Gasteiger partial charge in [0.05, 0.1) is 5.56 Å². The molecule has 20 heavy (non-hydrogen) atoms. The van der Waals surface area contributed by atoms with Crippen LogP contribution in [0.2, 0.25) is 0 Å². The van der Waals surface area contributed by atoms with Gasteiger partial charge in [-0.05, 0) is 17.7 Å². The van der Waals surface area contributed by atoms with E-state index in [4.69, 9.17) is 10.1 Å². The highest BCUT2D eigenvalue weighted by molar-refractivity contribution is 6.03. The Labute approximate surface area is 117 Å². The molecule has 2 heterocycles. The smallest absolute Gasteiger partial charge is 0.382 e. The van der Waals surface area contributed by atoms with Crippen molar-refractivity contribution in [2.24, 2.45) is 0 Å². The molecule has 1 N–H and O–H groups in total. The van der Waals surface area contributed by atoms with Crippen molar-refractivity contribution in [3.63, 3.8) is 0 Å². The van der Waals surface area contributed by atoms with Crippen LogP contribution in [0, 0.1) is 5.41 Å². The summed E-state index contributed by atoms with van der Waals surface area (Å²) >= 11 is 0. The standard InChI is InChI=1S/C17H13N2O/c18-16-15-14-9-5-4-6-12(14)10-11-19(15)17(20-16)13-7-2-1-3-8-13/h1-11,15,18H/q+1. The number of rotatable bonds is 1. The van der Waals surface area contributed by atoms with E-state index in [9.17, 15) is 0 Å². The summed E-state index contributed by atoms with van der Waals surface area (Å²) in [5, 5.41) is 8.17. The maximum Gasteiger partial charge on any atom is 0.383 e. The molecule has 0 radical (unpaired) electrons. The van der Waals surface area contributed by atoms with Gasteiger partial charge in [0.1, 0.15) is 0 Å². The molecule has 2 aromatic carbocycles. The van der Waals surface area contributed by atoms with Gasteiger partial charge in [0.2, 0.25) is 0 Å². The number of benzene rings is 2. The summed E-state index contributed by atoms with van der Waals surface area (Å²) in [5.74, 6) is 1.01. The molecule has 0 aromatic heterocycles. The average Bonchev–Trinajstić information content (AvgIpc) is 2.86. The van der Waals surface area contributed by atoms with Gasteiger partial charge in [-0.1, -0.05) is 42.5 Å². The summed E-state index contributed by atoms with van der Waals surface area (Å²) < 4.78 is 7.75. The van der Waals surface area contributed by atoms with Crippen LogP contribution < -0.4 is 0 Å². The summed E-state index contributed by atoms with van der Waals surface area (Å²) in [6, 6.07) is 17.9. The maximum absolute atomic E-state index is 8.17. The Bertz CT molecular complexity index is 760. The largest absolute Gasteiger partial charge is 0.383 e. The van der Waals surface area contributed by atoms with Crippen molar-refractivity contribution >= 4 is 17.9 Å². The Hall–Kier alpha value is -2.68. The number of hydrogen-bond acceptors (Lipinski definition) is 2. The fourth-order valence-corrected chi connectivity index (χ4v) is 2.76. The van der Waals surface area contributed by atoms with Crippen LogP contribution in [0.15, 0.2) is 60.8 Å². The summed E-state index contributed by atoms with van der Waals surface area (Å²) in [6.07, 6.45) is 4.06. The van der Waals surface area contributed by atoms with E-state index < -0.39 is 0 Å². The summed E-state index contributed by atoms with van der Waals surface area (Å²) in [7, 11) is 0. The lowest BCUT2D eigenvalue weighted by Crippen LogP contribution is -2.20. The van der Waals surface area contributed by atoms with Crippen molar-refractivity contribution in [2.45, 2.75) is 6.04 Å². The van der Waals surface area contributed by atoms with Gasteiger partial charge in [-0.25, -0.2) is 0 Å². The molecule has 0 spiro atoms. The normalized spacial score (nSPS) is 19.6. The highest BCUT2D eigenvalue weighted by atomic mass is 16.5. The third-order valence-corrected chi connectivity index (χ3v) is 3.69. The van der Waals surface area contributed by atoms with Crippen LogP contribution >= 0.6 is 0 Å². The Morgan fingerprint density at radius 2 is 1.70 bits per heavy atom. The van der Waals surface area contributed by atoms with Crippen LogP contribution in [0.3, 0.4) is 0 Å². The molecule has 96 valence electrons. The minimum atomic E-state index is -0.147. The first-order valence-corrected chi connectivity index (χ1v) is 6.59. The second-order valence-electron chi connectivity index (χ2n) is 4.89. The number of ether oxygens (including phenoxy) is 1. The molecule has 2 aromatic rings. The van der Waals surface area contributed by atoms with E-state index in [0.717, 1.165) is 22.6 Å². The molecule has 0 amide bonds. The second-order valence-corrected chi connectivity index (χ2v) is 4.89. The molecule has 1 unspecified atom stereocenters. The van der Waals surface area contributed by atoms with E-state index in [-0.39, 0.29) is 11.9 Å². The average molecular weight is 261 g/mol. The van der Waals surface area contributed by atoms with Crippen molar-refractivity contribution in [1.82, 2.24) is 0 Å². The van der Waals surface area contributed by atoms with Crippen molar-refractivity contribution in [2.75, 3.05) is 0 Å². The Kier molecular flexibility index (Phi) is 2.33. The van der Waals surface area contributed by atoms with Crippen molar-refractivity contribution in [3.8, 4) is 0 Å². The van der Waals surface area contributed by atoms with Gasteiger partial charge in [0.15, 0.2) is 6.20 Å². The van der Waals surface area contributed by atoms with Gasteiger partial charge in [0, 0.05) is 11.6 Å². The molecule has 2 aliphatic heterocycles. The van der Waals surface area contributed by atoms with Crippen LogP contribution in [0.1, 0.15) is 22.7 Å². The van der Waals surface area contributed by atoms with Crippen LogP contribution in [-0.4, -0.2) is 16.4 Å². The maximum atomic E-state index is 8.17. The highest BCUT2D eigenvalue weighted by Gasteiger charge is 2.44. The molecule has 0 aliphatic carbocycles. The molecule has 3 nitrogen and oxygen atoms in total. The number of hydrogen-bond donors (Lipinski definition) is 1. The summed E-state index contributed by atoms with van der Waals surface area (Å²) in [4.78, 5) is 0. The molecule has 3 heteroatoms. The summed E-state index contributed by atoms with van der Waals surface area (Å²) in [5.41, 5.74) is 3.26. The fraction of sp³-hybridized carbons (Fsp3) is 0.0588. The molecule has 0 saturated heterocycles.